The second kappa shape index (κ2) is 5.64. The molecule has 23 heavy (non-hydrogen) atoms. The van der Waals surface area contributed by atoms with E-state index in [4.69, 9.17) is 0 Å². The van der Waals surface area contributed by atoms with Gasteiger partial charge < -0.3 is 5.32 Å². The second-order valence-corrected chi connectivity index (χ2v) is 5.95. The quantitative estimate of drug-likeness (QED) is 0.893. The maximum Gasteiger partial charge on any atom is 0.330 e. The van der Waals surface area contributed by atoms with E-state index >= 15 is 0 Å². The lowest BCUT2D eigenvalue weighted by atomic mass is 9.95. The van der Waals surface area contributed by atoms with E-state index in [2.05, 4.69) is 10.3 Å². The van der Waals surface area contributed by atoms with E-state index in [1.807, 2.05) is 0 Å². The monoisotopic (exact) mass is 321 g/mol. The van der Waals surface area contributed by atoms with Crippen LogP contribution in [-0.2, 0) is 6.42 Å². The summed E-state index contributed by atoms with van der Waals surface area (Å²) < 4.78 is 28.1. The van der Waals surface area contributed by atoms with E-state index < -0.39 is 23.4 Å². The molecule has 122 valence electrons. The van der Waals surface area contributed by atoms with Gasteiger partial charge in [0.05, 0.1) is 11.6 Å². The number of aromatic nitrogens is 2. The molecule has 1 aliphatic rings. The minimum Gasteiger partial charge on any atom is -0.364 e. The van der Waals surface area contributed by atoms with Crippen molar-refractivity contribution in [2.75, 3.05) is 5.32 Å². The van der Waals surface area contributed by atoms with Crippen molar-refractivity contribution < 1.29 is 8.78 Å². The molecular weight excluding hydrogens is 304 g/mol. The minimum atomic E-state index is -0.649. The summed E-state index contributed by atoms with van der Waals surface area (Å²) in [5.74, 6) is -0.976. The molecule has 0 bridgehead atoms. The Morgan fingerprint density at radius 2 is 2.00 bits per heavy atom. The number of fused-ring (bicyclic) bond motifs is 1. The van der Waals surface area contributed by atoms with Crippen LogP contribution in [0.2, 0.25) is 0 Å². The molecular formula is C16H17F2N3O2. The number of hydrogen-bond donors (Lipinski definition) is 2. The van der Waals surface area contributed by atoms with Crippen molar-refractivity contribution in [2.45, 2.75) is 38.8 Å². The van der Waals surface area contributed by atoms with Crippen LogP contribution in [0.3, 0.4) is 0 Å². The Labute approximate surface area is 131 Å². The van der Waals surface area contributed by atoms with Gasteiger partial charge in [0.1, 0.15) is 17.5 Å². The fraction of sp³-hybridized carbons (Fsp3) is 0.375. The van der Waals surface area contributed by atoms with E-state index in [9.17, 15) is 18.4 Å². The summed E-state index contributed by atoms with van der Waals surface area (Å²) in [6.45, 7) is 3.52. The average Bonchev–Trinajstić information content (AvgIpc) is 2.46. The normalized spacial score (nSPS) is 17.0. The molecule has 2 N–H and O–H groups in total. The SMILES string of the molecule is CC(C)n1c(=O)[nH]c2c(c1=O)CCC(c1ccc(F)cc1F)N2. The number of halogens is 2. The highest BCUT2D eigenvalue weighted by Gasteiger charge is 2.26. The van der Waals surface area contributed by atoms with Crippen LogP contribution in [0, 0.1) is 11.6 Å². The van der Waals surface area contributed by atoms with Crippen molar-refractivity contribution in [3.05, 3.63) is 61.8 Å². The lowest BCUT2D eigenvalue weighted by molar-refractivity contribution is 0.522. The van der Waals surface area contributed by atoms with E-state index in [-0.39, 0.29) is 11.6 Å². The summed E-state index contributed by atoms with van der Waals surface area (Å²) in [5.41, 5.74) is -0.0382. The average molecular weight is 321 g/mol. The Morgan fingerprint density at radius 1 is 1.26 bits per heavy atom. The summed E-state index contributed by atoms with van der Waals surface area (Å²) in [6.07, 6.45) is 0.890. The zero-order valence-corrected chi connectivity index (χ0v) is 12.8. The van der Waals surface area contributed by atoms with Gasteiger partial charge in [0.15, 0.2) is 0 Å². The molecule has 3 rings (SSSR count). The highest BCUT2D eigenvalue weighted by molar-refractivity contribution is 5.48. The van der Waals surface area contributed by atoms with Crippen LogP contribution >= 0.6 is 0 Å². The number of H-pyrrole nitrogens is 1. The molecule has 2 heterocycles. The number of benzene rings is 1. The molecule has 0 aliphatic carbocycles. The summed E-state index contributed by atoms with van der Waals surface area (Å²) in [6, 6.07) is 2.72. The molecule has 0 fully saturated rings. The van der Waals surface area contributed by atoms with Crippen LogP contribution in [0.15, 0.2) is 27.8 Å². The molecule has 1 aliphatic heterocycles. The first-order chi connectivity index (χ1) is 10.9. The van der Waals surface area contributed by atoms with Gasteiger partial charge in [0.2, 0.25) is 0 Å². The first kappa shape index (κ1) is 15.5. The van der Waals surface area contributed by atoms with E-state index in [1.165, 1.54) is 16.7 Å². The zero-order chi connectivity index (χ0) is 16.7. The molecule has 1 atom stereocenters. The first-order valence-electron chi connectivity index (χ1n) is 7.47. The van der Waals surface area contributed by atoms with Gasteiger partial charge in [-0.05, 0) is 32.8 Å². The van der Waals surface area contributed by atoms with Gasteiger partial charge in [-0.1, -0.05) is 6.07 Å². The molecule has 7 heteroatoms. The van der Waals surface area contributed by atoms with Crippen LogP contribution in [0.1, 0.15) is 43.5 Å². The number of anilines is 1. The molecule has 0 amide bonds. The van der Waals surface area contributed by atoms with Gasteiger partial charge in [-0.25, -0.2) is 13.6 Å². The van der Waals surface area contributed by atoms with Crippen LogP contribution in [-0.4, -0.2) is 9.55 Å². The molecule has 0 saturated carbocycles. The van der Waals surface area contributed by atoms with Gasteiger partial charge in [-0.15, -0.1) is 0 Å². The number of aromatic amines is 1. The lowest BCUT2D eigenvalue weighted by Gasteiger charge is -2.27. The maximum absolute atomic E-state index is 13.9. The Balaban J connectivity index is 2.02. The Morgan fingerprint density at radius 3 is 2.65 bits per heavy atom. The molecule has 0 radical (unpaired) electrons. The summed E-state index contributed by atoms with van der Waals surface area (Å²) >= 11 is 0. The van der Waals surface area contributed by atoms with Crippen molar-refractivity contribution >= 4 is 5.82 Å². The Bertz CT molecular complexity index is 871. The van der Waals surface area contributed by atoms with Crippen molar-refractivity contribution in [3.8, 4) is 0 Å². The van der Waals surface area contributed by atoms with E-state index in [1.54, 1.807) is 13.8 Å². The number of hydrogen-bond acceptors (Lipinski definition) is 3. The lowest BCUT2D eigenvalue weighted by Crippen LogP contribution is -2.41. The van der Waals surface area contributed by atoms with Gasteiger partial charge in [0, 0.05) is 17.7 Å². The predicted octanol–water partition coefficient (Wildman–Crippen LogP) is 2.50. The van der Waals surface area contributed by atoms with E-state index in [0.29, 0.717) is 29.8 Å². The van der Waals surface area contributed by atoms with Crippen molar-refractivity contribution in [2.24, 2.45) is 0 Å². The third-order valence-electron chi connectivity index (χ3n) is 4.09. The number of nitrogens with one attached hydrogen (secondary N) is 2. The third-order valence-corrected chi connectivity index (χ3v) is 4.09. The smallest absolute Gasteiger partial charge is 0.330 e. The fourth-order valence-electron chi connectivity index (χ4n) is 2.96. The van der Waals surface area contributed by atoms with Gasteiger partial charge in [0.25, 0.3) is 5.56 Å². The van der Waals surface area contributed by atoms with Gasteiger partial charge in [-0.2, -0.15) is 0 Å². The van der Waals surface area contributed by atoms with E-state index in [0.717, 1.165) is 6.07 Å². The zero-order valence-electron chi connectivity index (χ0n) is 12.8. The molecule has 1 aromatic heterocycles. The highest BCUT2D eigenvalue weighted by atomic mass is 19.1. The van der Waals surface area contributed by atoms with Crippen LogP contribution in [0.25, 0.3) is 0 Å². The fourth-order valence-corrected chi connectivity index (χ4v) is 2.96. The molecule has 1 aromatic carbocycles. The summed E-state index contributed by atoms with van der Waals surface area (Å²) in [4.78, 5) is 27.1. The van der Waals surface area contributed by atoms with Crippen molar-refractivity contribution in [1.29, 1.82) is 0 Å². The topological polar surface area (TPSA) is 66.9 Å². The van der Waals surface area contributed by atoms with Crippen molar-refractivity contribution in [1.82, 2.24) is 9.55 Å². The first-order valence-corrected chi connectivity index (χ1v) is 7.47. The largest absolute Gasteiger partial charge is 0.364 e. The summed E-state index contributed by atoms with van der Waals surface area (Å²) in [7, 11) is 0. The van der Waals surface area contributed by atoms with Crippen LogP contribution < -0.4 is 16.6 Å². The molecule has 2 aromatic rings. The number of rotatable bonds is 2. The summed E-state index contributed by atoms with van der Waals surface area (Å²) in [5, 5.41) is 2.99. The molecule has 0 saturated heterocycles. The second-order valence-electron chi connectivity index (χ2n) is 5.95. The van der Waals surface area contributed by atoms with Crippen LogP contribution in [0.5, 0.6) is 0 Å². The maximum atomic E-state index is 13.9. The minimum absolute atomic E-state index is 0.246. The Kier molecular flexibility index (Phi) is 3.79. The molecule has 5 nitrogen and oxygen atoms in total. The van der Waals surface area contributed by atoms with Crippen LogP contribution in [0.4, 0.5) is 14.6 Å². The highest BCUT2D eigenvalue weighted by Crippen LogP contribution is 2.30. The van der Waals surface area contributed by atoms with Gasteiger partial charge in [-0.3, -0.25) is 14.3 Å². The predicted molar refractivity (Wildman–Crippen MR) is 82.8 cm³/mol. The Hall–Kier alpha value is -2.44. The third kappa shape index (κ3) is 2.67. The van der Waals surface area contributed by atoms with Crippen molar-refractivity contribution in [3.63, 3.8) is 0 Å². The molecule has 1 unspecified atom stereocenters. The van der Waals surface area contributed by atoms with Gasteiger partial charge >= 0.3 is 5.69 Å². The molecule has 0 spiro atoms. The standard InChI is InChI=1S/C16H17F2N3O2/c1-8(2)21-15(22)11-5-6-13(19-14(11)20-16(21)23)10-4-3-9(17)7-12(10)18/h3-4,7-8,13,19H,5-6H2,1-2H3,(H,20,23). The number of nitrogens with zero attached hydrogens (tertiary/aromatic N) is 1.